The summed E-state index contributed by atoms with van der Waals surface area (Å²) in [5.41, 5.74) is -0.454. The molecule has 1 unspecified atom stereocenters. The van der Waals surface area contributed by atoms with Crippen molar-refractivity contribution in [1.82, 2.24) is 15.5 Å². The van der Waals surface area contributed by atoms with E-state index in [1.807, 2.05) is 20.8 Å². The summed E-state index contributed by atoms with van der Waals surface area (Å²) in [5, 5.41) is 6.36. The van der Waals surface area contributed by atoms with E-state index in [1.165, 1.54) is 0 Å². The fourth-order valence-electron chi connectivity index (χ4n) is 2.59. The lowest BCUT2D eigenvalue weighted by atomic mass is 10.1. The lowest BCUT2D eigenvalue weighted by Gasteiger charge is -2.34. The molecule has 2 N–H and O–H groups in total. The largest absolute Gasteiger partial charge is 0.444 e. The van der Waals surface area contributed by atoms with E-state index in [4.69, 9.17) is 4.74 Å². The molecule has 1 atom stereocenters. The summed E-state index contributed by atoms with van der Waals surface area (Å²) in [6.07, 6.45) is 3.86. The maximum Gasteiger partial charge on any atom is 0.410 e. The van der Waals surface area contributed by atoms with Crippen LogP contribution in [0, 0.1) is 5.92 Å². The van der Waals surface area contributed by atoms with E-state index in [1.54, 1.807) is 4.90 Å². The number of amides is 2. The molecule has 1 aliphatic heterocycles. The Morgan fingerprint density at radius 1 is 1.18 bits per heavy atom. The summed E-state index contributed by atoms with van der Waals surface area (Å²) >= 11 is 0. The molecule has 0 aromatic heterocycles. The Bertz CT molecular complexity index is 402. The summed E-state index contributed by atoms with van der Waals surface area (Å²) in [5.74, 6) is 0.443. The third-order valence-electron chi connectivity index (χ3n) is 3.88. The zero-order valence-electron chi connectivity index (χ0n) is 14.0. The predicted molar refractivity (Wildman–Crippen MR) is 84.6 cm³/mol. The van der Waals surface area contributed by atoms with Crippen molar-refractivity contribution >= 4 is 12.0 Å². The van der Waals surface area contributed by atoms with E-state index >= 15 is 0 Å². The van der Waals surface area contributed by atoms with Gasteiger partial charge in [0.15, 0.2) is 0 Å². The molecule has 6 nitrogen and oxygen atoms in total. The monoisotopic (exact) mass is 311 g/mol. The average molecular weight is 311 g/mol. The molecule has 2 amide bonds. The third kappa shape index (κ3) is 5.83. The summed E-state index contributed by atoms with van der Waals surface area (Å²) in [6, 6.07) is 0.277. The van der Waals surface area contributed by atoms with Gasteiger partial charge in [-0.3, -0.25) is 4.79 Å². The van der Waals surface area contributed by atoms with Gasteiger partial charge in [-0.1, -0.05) is 0 Å². The third-order valence-corrected chi connectivity index (χ3v) is 3.88. The molecule has 0 radical (unpaired) electrons. The second kappa shape index (κ2) is 7.31. The van der Waals surface area contributed by atoms with Crippen molar-refractivity contribution in [2.45, 2.75) is 58.1 Å². The molecule has 1 saturated heterocycles. The van der Waals surface area contributed by atoms with Gasteiger partial charge < -0.3 is 20.3 Å². The van der Waals surface area contributed by atoms with Gasteiger partial charge in [0.25, 0.3) is 0 Å². The van der Waals surface area contributed by atoms with Crippen LogP contribution in [0.4, 0.5) is 4.79 Å². The second-order valence-corrected chi connectivity index (χ2v) is 7.28. The molecule has 0 spiro atoms. The Balaban J connectivity index is 1.64. The normalized spacial score (nSPS) is 22.3. The van der Waals surface area contributed by atoms with Crippen molar-refractivity contribution in [1.29, 1.82) is 0 Å². The van der Waals surface area contributed by atoms with Crippen LogP contribution in [0.1, 0.15) is 46.5 Å². The molecule has 126 valence electrons. The highest BCUT2D eigenvalue weighted by Crippen LogP contribution is 2.28. The van der Waals surface area contributed by atoms with Gasteiger partial charge in [-0.25, -0.2) is 4.79 Å². The zero-order chi connectivity index (χ0) is 16.2. The number of nitrogens with one attached hydrogen (secondary N) is 2. The van der Waals surface area contributed by atoms with Gasteiger partial charge in [0, 0.05) is 38.1 Å². The first-order valence-corrected chi connectivity index (χ1v) is 8.34. The number of ether oxygens (including phenoxy) is 1. The van der Waals surface area contributed by atoms with Crippen LogP contribution in [0.25, 0.3) is 0 Å². The van der Waals surface area contributed by atoms with Crippen molar-refractivity contribution in [2.24, 2.45) is 5.92 Å². The Morgan fingerprint density at radius 3 is 2.55 bits per heavy atom. The van der Waals surface area contributed by atoms with E-state index in [9.17, 15) is 9.59 Å². The number of nitrogens with zero attached hydrogens (tertiary/aromatic N) is 1. The minimum absolute atomic E-state index is 0.181. The molecule has 1 saturated carbocycles. The Kier molecular flexibility index (Phi) is 5.67. The van der Waals surface area contributed by atoms with Gasteiger partial charge in [-0.2, -0.15) is 0 Å². The van der Waals surface area contributed by atoms with Crippen molar-refractivity contribution in [3.63, 3.8) is 0 Å². The molecule has 22 heavy (non-hydrogen) atoms. The highest BCUT2D eigenvalue weighted by Gasteiger charge is 2.29. The standard InChI is InChI=1S/C16H29N3O3/c1-16(2,3)22-15(21)19-10-4-5-13(11-19)17-8-9-18-14(20)12-6-7-12/h12-13,17H,4-11H2,1-3H3,(H,18,20). The van der Waals surface area contributed by atoms with Gasteiger partial charge in [0.05, 0.1) is 0 Å². The Hall–Kier alpha value is -1.30. The fraction of sp³-hybridized carbons (Fsp3) is 0.875. The zero-order valence-corrected chi connectivity index (χ0v) is 14.0. The van der Waals surface area contributed by atoms with Crippen molar-refractivity contribution in [3.8, 4) is 0 Å². The van der Waals surface area contributed by atoms with E-state index in [-0.39, 0.29) is 24.0 Å². The van der Waals surface area contributed by atoms with Crippen LogP contribution in [0.5, 0.6) is 0 Å². The first kappa shape index (κ1) is 17.1. The molecule has 2 fully saturated rings. The maximum atomic E-state index is 12.1. The highest BCUT2D eigenvalue weighted by atomic mass is 16.6. The molecule has 0 aromatic carbocycles. The summed E-state index contributed by atoms with van der Waals surface area (Å²) in [7, 11) is 0. The topological polar surface area (TPSA) is 70.7 Å². The van der Waals surface area contributed by atoms with Gasteiger partial charge in [-0.15, -0.1) is 0 Å². The van der Waals surface area contributed by atoms with Crippen molar-refractivity contribution < 1.29 is 14.3 Å². The van der Waals surface area contributed by atoms with Gasteiger partial charge in [0.2, 0.25) is 5.91 Å². The fourth-order valence-corrected chi connectivity index (χ4v) is 2.59. The first-order valence-electron chi connectivity index (χ1n) is 8.34. The van der Waals surface area contributed by atoms with E-state index in [0.717, 1.165) is 38.8 Å². The number of rotatable bonds is 5. The molecular weight excluding hydrogens is 282 g/mol. The molecular formula is C16H29N3O3. The average Bonchev–Trinajstić information content (AvgIpc) is 3.26. The molecule has 2 rings (SSSR count). The van der Waals surface area contributed by atoms with Crippen LogP contribution in [0.3, 0.4) is 0 Å². The number of piperidine rings is 1. The van der Waals surface area contributed by atoms with E-state index in [0.29, 0.717) is 13.1 Å². The van der Waals surface area contributed by atoms with Crippen molar-refractivity contribution in [3.05, 3.63) is 0 Å². The minimum Gasteiger partial charge on any atom is -0.444 e. The lowest BCUT2D eigenvalue weighted by Crippen LogP contribution is -2.50. The maximum absolute atomic E-state index is 12.1. The highest BCUT2D eigenvalue weighted by molar-refractivity contribution is 5.80. The smallest absolute Gasteiger partial charge is 0.410 e. The minimum atomic E-state index is -0.454. The summed E-state index contributed by atoms with van der Waals surface area (Å²) in [6.45, 7) is 8.47. The van der Waals surface area contributed by atoms with Crippen LogP contribution >= 0.6 is 0 Å². The predicted octanol–water partition coefficient (Wildman–Crippen LogP) is 1.50. The number of carbonyl (C=O) groups excluding carboxylic acids is 2. The first-order chi connectivity index (χ1) is 10.3. The van der Waals surface area contributed by atoms with Crippen LogP contribution in [0.15, 0.2) is 0 Å². The number of carbonyl (C=O) groups is 2. The lowest BCUT2D eigenvalue weighted by molar-refractivity contribution is -0.122. The summed E-state index contributed by atoms with van der Waals surface area (Å²) < 4.78 is 5.42. The Labute approximate surface area is 132 Å². The SMILES string of the molecule is CC(C)(C)OC(=O)N1CCCC(NCCNC(=O)C2CC2)C1. The molecule has 0 aromatic rings. The van der Waals surface area contributed by atoms with Crippen LogP contribution in [-0.4, -0.2) is 54.7 Å². The molecule has 2 aliphatic rings. The van der Waals surface area contributed by atoms with Gasteiger partial charge in [-0.05, 0) is 46.5 Å². The van der Waals surface area contributed by atoms with Gasteiger partial charge >= 0.3 is 6.09 Å². The molecule has 1 heterocycles. The van der Waals surface area contributed by atoms with Crippen LogP contribution in [0.2, 0.25) is 0 Å². The Morgan fingerprint density at radius 2 is 1.91 bits per heavy atom. The number of hydrogen-bond donors (Lipinski definition) is 2. The molecule has 0 bridgehead atoms. The van der Waals surface area contributed by atoms with Crippen LogP contribution < -0.4 is 10.6 Å². The van der Waals surface area contributed by atoms with Crippen molar-refractivity contribution in [2.75, 3.05) is 26.2 Å². The van der Waals surface area contributed by atoms with E-state index < -0.39 is 5.60 Å². The molecule has 6 heteroatoms. The summed E-state index contributed by atoms with van der Waals surface area (Å²) in [4.78, 5) is 25.4. The number of hydrogen-bond acceptors (Lipinski definition) is 4. The van der Waals surface area contributed by atoms with Gasteiger partial charge in [0.1, 0.15) is 5.60 Å². The number of likely N-dealkylation sites (tertiary alicyclic amines) is 1. The molecule has 1 aliphatic carbocycles. The quantitative estimate of drug-likeness (QED) is 0.755. The van der Waals surface area contributed by atoms with E-state index in [2.05, 4.69) is 10.6 Å². The second-order valence-electron chi connectivity index (χ2n) is 7.28. The van der Waals surface area contributed by atoms with Crippen LogP contribution in [-0.2, 0) is 9.53 Å².